The Hall–Kier alpha value is -3.66. The molecule has 0 radical (unpaired) electrons. The van der Waals surface area contributed by atoms with Gasteiger partial charge in [0.25, 0.3) is 0 Å². The number of benzene rings is 3. The summed E-state index contributed by atoms with van der Waals surface area (Å²) < 4.78 is 5.38. The topological polar surface area (TPSA) is 54.4 Å². The molecule has 4 aromatic rings. The van der Waals surface area contributed by atoms with Crippen molar-refractivity contribution in [1.82, 2.24) is 4.98 Å². The number of carbonyl (C=O) groups is 1. The Labute approximate surface area is 156 Å². The normalized spacial score (nSPS) is 12.9. The number of nitrogens with one attached hydrogen (secondary N) is 1. The van der Waals surface area contributed by atoms with Gasteiger partial charge in [-0.05, 0) is 35.9 Å². The molecule has 0 aliphatic carbocycles. The predicted molar refractivity (Wildman–Crippen MR) is 107 cm³/mol. The molecule has 0 spiro atoms. The van der Waals surface area contributed by atoms with E-state index in [0.29, 0.717) is 11.3 Å². The van der Waals surface area contributed by atoms with Crippen LogP contribution in [0.4, 0.5) is 5.69 Å². The fourth-order valence-electron chi connectivity index (χ4n) is 3.62. The quantitative estimate of drug-likeness (QED) is 0.554. The first kappa shape index (κ1) is 15.6. The highest BCUT2D eigenvalue weighted by molar-refractivity contribution is 6.55. The van der Waals surface area contributed by atoms with Crippen molar-refractivity contribution >= 4 is 28.1 Å². The number of rotatable bonds is 3. The van der Waals surface area contributed by atoms with Gasteiger partial charge in [-0.3, -0.25) is 4.79 Å². The van der Waals surface area contributed by atoms with Crippen LogP contribution in [-0.2, 0) is 0 Å². The van der Waals surface area contributed by atoms with Crippen LogP contribution in [0.2, 0.25) is 0 Å². The second-order valence-electron chi connectivity index (χ2n) is 6.47. The van der Waals surface area contributed by atoms with Crippen molar-refractivity contribution in [3.05, 3.63) is 84.1 Å². The largest absolute Gasteiger partial charge is 0.497 e. The molecule has 0 unspecified atom stereocenters. The van der Waals surface area contributed by atoms with Gasteiger partial charge in [0.1, 0.15) is 11.5 Å². The summed E-state index contributed by atoms with van der Waals surface area (Å²) in [6, 6.07) is 21.3. The van der Waals surface area contributed by atoms with Crippen LogP contribution in [0, 0.1) is 0 Å². The fourth-order valence-corrected chi connectivity index (χ4v) is 3.62. The summed E-state index contributed by atoms with van der Waals surface area (Å²) in [5.41, 5.74) is 5.72. The number of ether oxygens (including phenoxy) is 1. The van der Waals surface area contributed by atoms with E-state index in [1.165, 1.54) is 0 Å². The van der Waals surface area contributed by atoms with E-state index in [9.17, 15) is 4.79 Å². The van der Waals surface area contributed by atoms with Gasteiger partial charge in [-0.15, -0.1) is 0 Å². The van der Waals surface area contributed by atoms with Crippen molar-refractivity contribution in [1.29, 1.82) is 0 Å². The number of methoxy groups -OCH3 is 1. The minimum Gasteiger partial charge on any atom is -0.497 e. The molecular weight excluding hydrogens is 336 g/mol. The number of hydrogen-bond donors (Lipinski definition) is 1. The zero-order chi connectivity index (χ0) is 18.4. The van der Waals surface area contributed by atoms with E-state index in [0.717, 1.165) is 39.0 Å². The van der Waals surface area contributed by atoms with E-state index in [1.807, 2.05) is 72.9 Å². The molecule has 4 heteroatoms. The van der Waals surface area contributed by atoms with Gasteiger partial charge < -0.3 is 9.72 Å². The highest BCUT2D eigenvalue weighted by Gasteiger charge is 2.27. The Morgan fingerprint density at radius 3 is 2.37 bits per heavy atom. The number of aliphatic imine (C=N–C) groups is 1. The van der Waals surface area contributed by atoms with E-state index < -0.39 is 0 Å². The molecule has 27 heavy (non-hydrogen) atoms. The van der Waals surface area contributed by atoms with Crippen molar-refractivity contribution in [3.63, 3.8) is 0 Å². The van der Waals surface area contributed by atoms with Gasteiger partial charge in [0.2, 0.25) is 5.78 Å². The Balaban J connectivity index is 1.70. The maximum absolute atomic E-state index is 12.9. The van der Waals surface area contributed by atoms with Crippen LogP contribution in [-0.4, -0.2) is 23.6 Å². The standard InChI is InChI=1S/C23H16N2O2/c1-27-14-10-11-20-18(12-14)19(13-24-20)15-6-2-3-7-16(15)22-23(26)17-8-4-5-9-21(17)25-22/h2-13,24H,1H3. The lowest BCUT2D eigenvalue weighted by Gasteiger charge is -2.09. The lowest BCUT2D eigenvalue weighted by molar-refractivity contribution is 0.107. The van der Waals surface area contributed by atoms with E-state index in [2.05, 4.69) is 9.98 Å². The van der Waals surface area contributed by atoms with Gasteiger partial charge >= 0.3 is 0 Å². The number of H-pyrrole nitrogens is 1. The summed E-state index contributed by atoms with van der Waals surface area (Å²) in [6.07, 6.45) is 1.97. The monoisotopic (exact) mass is 352 g/mol. The zero-order valence-electron chi connectivity index (χ0n) is 14.7. The van der Waals surface area contributed by atoms with Crippen molar-refractivity contribution < 1.29 is 9.53 Å². The number of hydrogen-bond acceptors (Lipinski definition) is 3. The van der Waals surface area contributed by atoms with Gasteiger partial charge in [0.15, 0.2) is 0 Å². The summed E-state index contributed by atoms with van der Waals surface area (Å²) >= 11 is 0. The van der Waals surface area contributed by atoms with Crippen LogP contribution in [0.1, 0.15) is 15.9 Å². The summed E-state index contributed by atoms with van der Waals surface area (Å²) in [4.78, 5) is 20.8. The van der Waals surface area contributed by atoms with E-state index >= 15 is 0 Å². The SMILES string of the molecule is COc1ccc2[nH]cc(-c3ccccc3C3=Nc4ccccc4C3=O)c2c1. The number of Topliss-reactive ketones (excluding diaryl/α,β-unsaturated/α-hetero) is 1. The van der Waals surface area contributed by atoms with Crippen molar-refractivity contribution in [3.8, 4) is 16.9 Å². The number of carbonyl (C=O) groups excluding carboxylic acids is 1. The summed E-state index contributed by atoms with van der Waals surface area (Å²) in [7, 11) is 1.66. The Bertz CT molecular complexity index is 1230. The first-order valence-corrected chi connectivity index (χ1v) is 8.73. The maximum atomic E-state index is 12.9. The Morgan fingerprint density at radius 2 is 1.59 bits per heavy atom. The average molecular weight is 352 g/mol. The average Bonchev–Trinajstić information content (AvgIpc) is 3.29. The molecule has 4 nitrogen and oxygen atoms in total. The number of aromatic nitrogens is 1. The lowest BCUT2D eigenvalue weighted by Crippen LogP contribution is -2.12. The van der Waals surface area contributed by atoms with E-state index in [4.69, 9.17) is 4.74 Å². The second-order valence-corrected chi connectivity index (χ2v) is 6.47. The smallest absolute Gasteiger partial charge is 0.214 e. The highest BCUT2D eigenvalue weighted by atomic mass is 16.5. The van der Waals surface area contributed by atoms with Gasteiger partial charge in [0, 0.05) is 33.8 Å². The molecule has 5 rings (SSSR count). The van der Waals surface area contributed by atoms with Crippen LogP contribution in [0.5, 0.6) is 5.75 Å². The molecule has 0 amide bonds. The molecule has 1 N–H and O–H groups in total. The minimum absolute atomic E-state index is 0.0320. The number of nitrogens with zero attached hydrogens (tertiary/aromatic N) is 1. The highest BCUT2D eigenvalue weighted by Crippen LogP contribution is 2.36. The molecule has 0 saturated carbocycles. The first-order valence-electron chi connectivity index (χ1n) is 8.73. The molecule has 0 fully saturated rings. The molecule has 0 bridgehead atoms. The molecule has 3 aromatic carbocycles. The third-order valence-electron chi connectivity index (χ3n) is 4.96. The van der Waals surface area contributed by atoms with Crippen LogP contribution < -0.4 is 4.74 Å². The molecule has 1 aliphatic rings. The number of para-hydroxylation sites is 1. The molecule has 1 aromatic heterocycles. The van der Waals surface area contributed by atoms with Crippen LogP contribution >= 0.6 is 0 Å². The predicted octanol–water partition coefficient (Wildman–Crippen LogP) is 5.16. The third kappa shape index (κ3) is 2.38. The fraction of sp³-hybridized carbons (Fsp3) is 0.0435. The summed E-state index contributed by atoms with van der Waals surface area (Å²) in [5, 5.41) is 1.05. The first-order chi connectivity index (χ1) is 13.3. The third-order valence-corrected chi connectivity index (χ3v) is 4.96. The van der Waals surface area contributed by atoms with E-state index in [1.54, 1.807) is 7.11 Å². The second kappa shape index (κ2) is 5.95. The van der Waals surface area contributed by atoms with Gasteiger partial charge in [-0.1, -0.05) is 36.4 Å². The molecular formula is C23H16N2O2. The zero-order valence-corrected chi connectivity index (χ0v) is 14.7. The minimum atomic E-state index is -0.0320. The van der Waals surface area contributed by atoms with Crippen molar-refractivity contribution in [2.24, 2.45) is 4.99 Å². The molecule has 2 heterocycles. The number of ketones is 1. The summed E-state index contributed by atoms with van der Waals surface area (Å²) in [6.45, 7) is 0. The molecule has 0 saturated heterocycles. The molecule has 1 aliphatic heterocycles. The molecule has 130 valence electrons. The van der Waals surface area contributed by atoms with Gasteiger partial charge in [0.05, 0.1) is 12.8 Å². The van der Waals surface area contributed by atoms with Crippen LogP contribution in [0.15, 0.2) is 77.9 Å². The molecule has 0 atom stereocenters. The summed E-state index contributed by atoms with van der Waals surface area (Å²) in [5.74, 6) is 0.762. The maximum Gasteiger partial charge on any atom is 0.214 e. The van der Waals surface area contributed by atoms with Crippen molar-refractivity contribution in [2.75, 3.05) is 7.11 Å². The van der Waals surface area contributed by atoms with Crippen molar-refractivity contribution in [2.45, 2.75) is 0 Å². The number of fused-ring (bicyclic) bond motifs is 2. The number of aromatic amines is 1. The van der Waals surface area contributed by atoms with Crippen LogP contribution in [0.3, 0.4) is 0 Å². The van der Waals surface area contributed by atoms with E-state index in [-0.39, 0.29) is 5.78 Å². The van der Waals surface area contributed by atoms with Gasteiger partial charge in [-0.25, -0.2) is 4.99 Å². The van der Waals surface area contributed by atoms with Crippen LogP contribution in [0.25, 0.3) is 22.0 Å². The van der Waals surface area contributed by atoms with Gasteiger partial charge in [-0.2, -0.15) is 0 Å². The lowest BCUT2D eigenvalue weighted by atomic mass is 9.94. The Kier molecular flexibility index (Phi) is 3.44. The Morgan fingerprint density at radius 1 is 0.852 bits per heavy atom.